The number of fused-ring (bicyclic) bond motifs is 3. The molecule has 1 aromatic heterocycles. The number of nitrogens with one attached hydrogen (secondary N) is 2. The van der Waals surface area contributed by atoms with E-state index in [2.05, 4.69) is 15.2 Å². The lowest BCUT2D eigenvalue weighted by molar-refractivity contribution is -0.151. The quantitative estimate of drug-likeness (QED) is 0.175. The third-order valence-electron chi connectivity index (χ3n) is 8.16. The van der Waals surface area contributed by atoms with Gasteiger partial charge in [0.05, 0.1) is 31.4 Å². The molecule has 1 fully saturated rings. The summed E-state index contributed by atoms with van der Waals surface area (Å²) in [6.45, 7) is 2.30. The standard InChI is InChI=1S/C27H31F5N4O.C4H8O4/c1-16-9-20-19-5-2-3-6-23(19)34-25(20)26(36(16)14-27(31,32)15-37)24-21(29)10-17(11-22(24)30)33-18-12-35(13-18)8-4-7-28;1-2(5)3(6)4(7)8/h2-3,5-6,10-11,16,18,26,33-34,37H,4,7-9,12-15H2,1H3;2-3,5-6H,1H3,(H,7,8)/t16-,26-;2-,3+/m10/s1. The van der Waals surface area contributed by atoms with Gasteiger partial charge in [0, 0.05) is 53.5 Å². The topological polar surface area (TPSA) is 132 Å². The van der Waals surface area contributed by atoms with Gasteiger partial charge in [0.15, 0.2) is 6.10 Å². The number of anilines is 1. The Balaban J connectivity index is 0.000000510. The van der Waals surface area contributed by atoms with Crippen molar-refractivity contribution in [3.8, 4) is 0 Å². The minimum atomic E-state index is -3.44. The van der Waals surface area contributed by atoms with E-state index in [4.69, 9.17) is 15.3 Å². The number of aromatic amines is 1. The number of carboxylic acids is 1. The van der Waals surface area contributed by atoms with Gasteiger partial charge in [-0.25, -0.2) is 22.4 Å². The number of nitrogens with zero attached hydrogens (tertiary/aromatic N) is 2. The number of benzene rings is 2. The summed E-state index contributed by atoms with van der Waals surface area (Å²) in [5.74, 6) is -6.52. The number of para-hydroxylation sites is 1. The first-order valence-corrected chi connectivity index (χ1v) is 14.7. The smallest absolute Gasteiger partial charge is 0.335 e. The molecule has 0 bridgehead atoms. The molecule has 0 saturated carbocycles. The first-order chi connectivity index (χ1) is 21.3. The molecule has 2 aromatic carbocycles. The van der Waals surface area contributed by atoms with Gasteiger partial charge in [-0.15, -0.1) is 0 Å². The number of alkyl halides is 3. The Labute approximate surface area is 257 Å². The van der Waals surface area contributed by atoms with Crippen molar-refractivity contribution >= 4 is 22.6 Å². The van der Waals surface area contributed by atoms with Gasteiger partial charge in [0.1, 0.15) is 18.2 Å². The fourth-order valence-electron chi connectivity index (χ4n) is 5.88. The van der Waals surface area contributed by atoms with Gasteiger partial charge in [-0.1, -0.05) is 18.2 Å². The highest BCUT2D eigenvalue weighted by atomic mass is 19.3. The van der Waals surface area contributed by atoms with Gasteiger partial charge in [-0.3, -0.25) is 14.2 Å². The molecule has 0 unspecified atom stereocenters. The highest BCUT2D eigenvalue weighted by Crippen LogP contribution is 2.43. The van der Waals surface area contributed by atoms with Crippen LogP contribution in [-0.2, 0) is 11.2 Å². The van der Waals surface area contributed by atoms with E-state index in [1.807, 2.05) is 24.3 Å². The normalized spacial score (nSPS) is 20.6. The molecule has 5 rings (SSSR count). The molecule has 0 spiro atoms. The molecule has 2 aliphatic rings. The van der Waals surface area contributed by atoms with Crippen LogP contribution in [0, 0.1) is 11.6 Å². The van der Waals surface area contributed by atoms with Crippen molar-refractivity contribution < 1.29 is 47.2 Å². The maximum absolute atomic E-state index is 15.7. The number of rotatable bonds is 11. The van der Waals surface area contributed by atoms with E-state index in [0.717, 1.165) is 16.5 Å². The number of aliphatic carboxylic acids is 1. The molecule has 4 atom stereocenters. The van der Waals surface area contributed by atoms with Gasteiger partial charge in [0.25, 0.3) is 5.92 Å². The van der Waals surface area contributed by atoms with Crippen molar-refractivity contribution in [3.05, 3.63) is 64.9 Å². The van der Waals surface area contributed by atoms with Crippen LogP contribution >= 0.6 is 0 Å². The summed E-state index contributed by atoms with van der Waals surface area (Å²) in [7, 11) is 0. The molecule has 9 nitrogen and oxygen atoms in total. The number of aliphatic hydroxyl groups is 3. The van der Waals surface area contributed by atoms with Crippen LogP contribution in [0.2, 0.25) is 0 Å². The molecule has 0 radical (unpaired) electrons. The van der Waals surface area contributed by atoms with Gasteiger partial charge in [-0.2, -0.15) is 0 Å². The van der Waals surface area contributed by atoms with Crippen LogP contribution in [-0.4, -0.2) is 111 Å². The van der Waals surface area contributed by atoms with Gasteiger partial charge >= 0.3 is 5.97 Å². The Morgan fingerprint density at radius 2 is 1.80 bits per heavy atom. The number of H-pyrrole nitrogens is 1. The van der Waals surface area contributed by atoms with E-state index in [-0.39, 0.29) is 24.0 Å². The van der Waals surface area contributed by atoms with Crippen molar-refractivity contribution in [1.82, 2.24) is 14.8 Å². The Kier molecular flexibility index (Phi) is 11.1. The minimum Gasteiger partial charge on any atom is -0.479 e. The summed E-state index contributed by atoms with van der Waals surface area (Å²) in [4.78, 5) is 16.4. The van der Waals surface area contributed by atoms with Gasteiger partial charge in [-0.05, 0) is 50.5 Å². The average Bonchev–Trinajstić information content (AvgIpc) is 3.33. The summed E-state index contributed by atoms with van der Waals surface area (Å²) in [5.41, 5.74) is 2.05. The van der Waals surface area contributed by atoms with Gasteiger partial charge < -0.3 is 30.7 Å². The number of hydrogen-bond donors (Lipinski definition) is 6. The molecule has 45 heavy (non-hydrogen) atoms. The fraction of sp³-hybridized carbons (Fsp3) is 0.516. The lowest BCUT2D eigenvalue weighted by atomic mass is 9.87. The number of likely N-dealkylation sites (tertiary alicyclic amines) is 1. The Bertz CT molecular complexity index is 1440. The van der Waals surface area contributed by atoms with Gasteiger partial charge in [0.2, 0.25) is 0 Å². The monoisotopic (exact) mass is 642 g/mol. The van der Waals surface area contributed by atoms with Crippen LogP contribution in [0.3, 0.4) is 0 Å². The molecule has 2 aliphatic heterocycles. The number of aliphatic hydroxyl groups excluding tert-OH is 3. The van der Waals surface area contributed by atoms with Crippen LogP contribution in [0.25, 0.3) is 10.9 Å². The molecular weight excluding hydrogens is 603 g/mol. The molecule has 3 heterocycles. The third kappa shape index (κ3) is 7.93. The number of hydrogen-bond acceptors (Lipinski definition) is 7. The van der Waals surface area contributed by atoms with Crippen LogP contribution in [0.5, 0.6) is 0 Å². The van der Waals surface area contributed by atoms with Crippen LogP contribution in [0.4, 0.5) is 27.6 Å². The highest BCUT2D eigenvalue weighted by Gasteiger charge is 2.43. The van der Waals surface area contributed by atoms with Crippen molar-refractivity contribution in [2.45, 2.75) is 62.9 Å². The molecule has 3 aromatic rings. The number of halogens is 5. The molecule has 1 saturated heterocycles. The van der Waals surface area contributed by atoms with Crippen molar-refractivity contribution in [2.24, 2.45) is 0 Å². The van der Waals surface area contributed by atoms with E-state index in [9.17, 15) is 23.1 Å². The highest BCUT2D eigenvalue weighted by molar-refractivity contribution is 5.85. The van der Waals surface area contributed by atoms with Crippen LogP contribution in [0.15, 0.2) is 36.4 Å². The zero-order chi connectivity index (χ0) is 33.1. The van der Waals surface area contributed by atoms with Crippen molar-refractivity contribution in [3.63, 3.8) is 0 Å². The third-order valence-corrected chi connectivity index (χ3v) is 8.16. The summed E-state index contributed by atoms with van der Waals surface area (Å²) in [6, 6.07) is 8.25. The Morgan fingerprint density at radius 1 is 1.16 bits per heavy atom. The summed E-state index contributed by atoms with van der Waals surface area (Å²) < 4.78 is 72.5. The zero-order valence-corrected chi connectivity index (χ0v) is 25.0. The molecule has 14 heteroatoms. The first kappa shape index (κ1) is 34.6. The molecule has 0 amide bonds. The number of aromatic nitrogens is 1. The average molecular weight is 643 g/mol. The van der Waals surface area contributed by atoms with Crippen LogP contribution < -0.4 is 5.32 Å². The molecule has 0 aliphatic carbocycles. The fourth-order valence-corrected chi connectivity index (χ4v) is 5.88. The van der Waals surface area contributed by atoms with Crippen LogP contribution in [0.1, 0.15) is 43.1 Å². The van der Waals surface area contributed by atoms with E-state index < -0.39 is 61.0 Å². The number of carbonyl (C=O) groups is 1. The lowest BCUT2D eigenvalue weighted by Gasteiger charge is -2.42. The Hall–Kier alpha value is -3.30. The van der Waals surface area contributed by atoms with Crippen molar-refractivity contribution in [1.29, 1.82) is 0 Å². The van der Waals surface area contributed by atoms with E-state index >= 15 is 8.78 Å². The first-order valence-electron chi connectivity index (χ1n) is 14.7. The lowest BCUT2D eigenvalue weighted by Crippen LogP contribution is -2.54. The second-order valence-electron chi connectivity index (χ2n) is 11.7. The second-order valence-corrected chi connectivity index (χ2v) is 11.7. The number of carboxylic acid groups (broad SMARTS) is 1. The summed E-state index contributed by atoms with van der Waals surface area (Å²) in [6.07, 6.45) is -1.99. The summed E-state index contributed by atoms with van der Waals surface area (Å²) >= 11 is 0. The second kappa shape index (κ2) is 14.4. The van der Waals surface area contributed by atoms with Crippen molar-refractivity contribution in [2.75, 3.05) is 44.8 Å². The SMILES string of the molecule is C[C@@H]1Cc2c([nH]c3ccccc23)[C@@H](c2c(F)cc(NC3CN(CCCF)C3)cc2F)N1CC(F)(F)CO.C[C@H](O)[C@@H](O)C(=O)O. The molecule has 6 N–H and O–H groups in total. The minimum absolute atomic E-state index is 0.0148. The maximum atomic E-state index is 15.7. The molecule has 248 valence electrons. The largest absolute Gasteiger partial charge is 0.479 e. The predicted octanol–water partition coefficient (Wildman–Crippen LogP) is 3.68. The van der Waals surface area contributed by atoms with E-state index in [0.29, 0.717) is 38.2 Å². The van der Waals surface area contributed by atoms with E-state index in [1.165, 1.54) is 24.0 Å². The molecular formula is C31H39F5N4O5. The summed E-state index contributed by atoms with van der Waals surface area (Å²) in [5, 5.41) is 37.9. The Morgan fingerprint density at radius 3 is 2.36 bits per heavy atom. The maximum Gasteiger partial charge on any atom is 0.335 e. The zero-order valence-electron chi connectivity index (χ0n) is 25.0. The van der Waals surface area contributed by atoms with E-state index in [1.54, 1.807) is 6.92 Å². The predicted molar refractivity (Wildman–Crippen MR) is 158 cm³/mol.